The highest BCUT2D eigenvalue weighted by Crippen LogP contribution is 2.29. The van der Waals surface area contributed by atoms with Crippen molar-refractivity contribution in [1.29, 1.82) is 0 Å². The Morgan fingerprint density at radius 2 is 1.85 bits per heavy atom. The predicted molar refractivity (Wildman–Crippen MR) is 126 cm³/mol. The molecule has 1 aliphatic rings. The number of morpholine rings is 1. The maximum atomic E-state index is 13.0. The van der Waals surface area contributed by atoms with Crippen molar-refractivity contribution in [2.75, 3.05) is 26.3 Å². The SMILES string of the molecule is Cc1ccc2c(CSc3nnc(-c4cccc(S(=O)(=O)N5CCOCC5)c4)o3)cc(=O)oc2c1. The minimum atomic E-state index is -3.64. The molecule has 0 bridgehead atoms. The lowest BCUT2D eigenvalue weighted by Gasteiger charge is -2.26. The first kappa shape index (κ1) is 22.8. The van der Waals surface area contributed by atoms with Crippen LogP contribution in [0.15, 0.2) is 72.3 Å². The fourth-order valence-corrected chi connectivity index (χ4v) is 5.91. The molecule has 5 rings (SSSR count). The summed E-state index contributed by atoms with van der Waals surface area (Å²) in [4.78, 5) is 12.1. The molecular formula is C23H21N3O6S2. The van der Waals surface area contributed by atoms with E-state index < -0.39 is 15.6 Å². The first-order chi connectivity index (χ1) is 16.4. The summed E-state index contributed by atoms with van der Waals surface area (Å²) in [6.45, 7) is 3.32. The zero-order chi connectivity index (χ0) is 23.7. The molecule has 2 aromatic heterocycles. The van der Waals surface area contributed by atoms with E-state index in [9.17, 15) is 13.2 Å². The van der Waals surface area contributed by atoms with Crippen molar-refractivity contribution in [1.82, 2.24) is 14.5 Å². The number of benzene rings is 2. The van der Waals surface area contributed by atoms with Crippen LogP contribution in [0.5, 0.6) is 0 Å². The van der Waals surface area contributed by atoms with Crippen molar-refractivity contribution in [3.63, 3.8) is 0 Å². The van der Waals surface area contributed by atoms with Gasteiger partial charge in [0.2, 0.25) is 15.9 Å². The quantitative estimate of drug-likeness (QED) is 0.290. The molecule has 1 aliphatic heterocycles. The third-order valence-corrected chi connectivity index (χ3v) is 8.19. The normalized spacial score (nSPS) is 15.1. The first-order valence-electron chi connectivity index (χ1n) is 10.6. The van der Waals surface area contributed by atoms with Gasteiger partial charge in [0.05, 0.1) is 18.1 Å². The van der Waals surface area contributed by atoms with Gasteiger partial charge in [0.15, 0.2) is 0 Å². The van der Waals surface area contributed by atoms with E-state index in [0.717, 1.165) is 16.5 Å². The van der Waals surface area contributed by atoms with Gasteiger partial charge in [0.25, 0.3) is 5.22 Å². The van der Waals surface area contributed by atoms with Crippen molar-refractivity contribution in [3.8, 4) is 11.5 Å². The molecule has 4 aromatic rings. The molecule has 0 unspecified atom stereocenters. The lowest BCUT2D eigenvalue weighted by molar-refractivity contribution is 0.0730. The monoisotopic (exact) mass is 499 g/mol. The number of nitrogens with zero attached hydrogens (tertiary/aromatic N) is 3. The van der Waals surface area contributed by atoms with E-state index in [4.69, 9.17) is 13.6 Å². The fourth-order valence-electron chi connectivity index (χ4n) is 3.71. The molecular weight excluding hydrogens is 478 g/mol. The van der Waals surface area contributed by atoms with Crippen LogP contribution < -0.4 is 5.63 Å². The summed E-state index contributed by atoms with van der Waals surface area (Å²) in [6, 6.07) is 13.6. The van der Waals surface area contributed by atoms with Crippen molar-refractivity contribution in [2.24, 2.45) is 0 Å². The van der Waals surface area contributed by atoms with E-state index in [0.29, 0.717) is 48.4 Å². The Morgan fingerprint density at radius 3 is 2.68 bits per heavy atom. The van der Waals surface area contributed by atoms with Crippen LogP contribution in [0.2, 0.25) is 0 Å². The molecule has 1 fully saturated rings. The molecule has 0 amide bonds. The first-order valence-corrected chi connectivity index (χ1v) is 13.0. The second kappa shape index (κ2) is 9.34. The Hall–Kier alpha value is -2.99. The second-order valence-electron chi connectivity index (χ2n) is 7.80. The van der Waals surface area contributed by atoms with Gasteiger partial charge < -0.3 is 13.6 Å². The van der Waals surface area contributed by atoms with Crippen LogP contribution >= 0.6 is 11.8 Å². The Labute approximate surface area is 199 Å². The standard InChI is InChI=1S/C23H21N3O6S2/c1-15-5-6-19-17(13-21(27)31-20(19)11-15)14-33-23-25-24-22(32-23)16-3-2-4-18(12-16)34(28,29)26-7-9-30-10-8-26/h2-6,11-13H,7-10,14H2,1H3. The van der Waals surface area contributed by atoms with Crippen molar-refractivity contribution in [3.05, 3.63) is 70.1 Å². The van der Waals surface area contributed by atoms with Crippen LogP contribution in [0.3, 0.4) is 0 Å². The van der Waals surface area contributed by atoms with Gasteiger partial charge in [-0.2, -0.15) is 4.31 Å². The number of ether oxygens (including phenoxy) is 1. The van der Waals surface area contributed by atoms with Gasteiger partial charge in [-0.25, -0.2) is 13.2 Å². The summed E-state index contributed by atoms with van der Waals surface area (Å²) < 4.78 is 43.7. The molecule has 34 heavy (non-hydrogen) atoms. The number of rotatable bonds is 6. The second-order valence-corrected chi connectivity index (χ2v) is 10.7. The number of aromatic nitrogens is 2. The molecule has 0 saturated carbocycles. The van der Waals surface area contributed by atoms with Crippen LogP contribution in [0.25, 0.3) is 22.4 Å². The zero-order valence-corrected chi connectivity index (χ0v) is 19.9. The van der Waals surface area contributed by atoms with Crippen LogP contribution in [-0.4, -0.2) is 49.2 Å². The lowest BCUT2D eigenvalue weighted by atomic mass is 10.1. The van der Waals surface area contributed by atoms with Gasteiger partial charge in [-0.3, -0.25) is 0 Å². The minimum absolute atomic E-state index is 0.164. The summed E-state index contributed by atoms with van der Waals surface area (Å²) in [5.74, 6) is 0.646. The van der Waals surface area contributed by atoms with E-state index >= 15 is 0 Å². The van der Waals surface area contributed by atoms with Gasteiger partial charge in [-0.15, -0.1) is 10.2 Å². The smallest absolute Gasteiger partial charge is 0.336 e. The summed E-state index contributed by atoms with van der Waals surface area (Å²) in [5, 5.41) is 9.31. The van der Waals surface area contributed by atoms with Gasteiger partial charge in [0, 0.05) is 35.9 Å². The van der Waals surface area contributed by atoms with Crippen molar-refractivity contribution < 1.29 is 22.0 Å². The molecule has 3 heterocycles. The highest BCUT2D eigenvalue weighted by Gasteiger charge is 2.27. The van der Waals surface area contributed by atoms with Crippen LogP contribution in [0.4, 0.5) is 0 Å². The fraction of sp³-hybridized carbons (Fsp3) is 0.261. The molecule has 0 radical (unpaired) electrons. The van der Waals surface area contributed by atoms with E-state index in [1.165, 1.54) is 28.2 Å². The van der Waals surface area contributed by atoms with Crippen LogP contribution in [0, 0.1) is 6.92 Å². The van der Waals surface area contributed by atoms with Gasteiger partial charge in [0.1, 0.15) is 5.58 Å². The molecule has 0 aliphatic carbocycles. The van der Waals surface area contributed by atoms with Crippen LogP contribution in [0.1, 0.15) is 11.1 Å². The van der Waals surface area contributed by atoms with Gasteiger partial charge in [-0.05, 0) is 42.3 Å². The molecule has 0 spiro atoms. The van der Waals surface area contributed by atoms with Crippen LogP contribution in [-0.2, 0) is 20.5 Å². The predicted octanol–water partition coefficient (Wildman–Crippen LogP) is 3.46. The van der Waals surface area contributed by atoms with E-state index in [2.05, 4.69) is 10.2 Å². The Morgan fingerprint density at radius 1 is 1.03 bits per heavy atom. The third-order valence-electron chi connectivity index (χ3n) is 5.43. The molecule has 0 N–H and O–H groups in total. The van der Waals surface area contributed by atoms with E-state index in [1.807, 2.05) is 25.1 Å². The Kier molecular flexibility index (Phi) is 6.26. The summed E-state index contributed by atoms with van der Waals surface area (Å²) in [7, 11) is -3.64. The number of hydrogen-bond acceptors (Lipinski definition) is 9. The summed E-state index contributed by atoms with van der Waals surface area (Å²) >= 11 is 1.29. The molecule has 11 heteroatoms. The number of sulfonamides is 1. The van der Waals surface area contributed by atoms with Gasteiger partial charge in [-0.1, -0.05) is 30.0 Å². The number of thioether (sulfide) groups is 1. The van der Waals surface area contributed by atoms with Crippen molar-refractivity contribution in [2.45, 2.75) is 22.8 Å². The largest absolute Gasteiger partial charge is 0.423 e. The highest BCUT2D eigenvalue weighted by atomic mass is 32.2. The molecule has 1 saturated heterocycles. The molecule has 0 atom stereocenters. The number of hydrogen-bond donors (Lipinski definition) is 0. The van der Waals surface area contributed by atoms with Gasteiger partial charge >= 0.3 is 5.63 Å². The average Bonchev–Trinajstić information content (AvgIpc) is 3.32. The number of fused-ring (bicyclic) bond motifs is 1. The summed E-state index contributed by atoms with van der Waals surface area (Å²) in [5.41, 5.74) is 2.43. The zero-order valence-electron chi connectivity index (χ0n) is 18.3. The molecule has 2 aromatic carbocycles. The van der Waals surface area contributed by atoms with Crippen molar-refractivity contribution >= 4 is 32.8 Å². The molecule has 9 nitrogen and oxygen atoms in total. The maximum Gasteiger partial charge on any atom is 0.336 e. The Balaban J connectivity index is 1.36. The van der Waals surface area contributed by atoms with E-state index in [-0.39, 0.29) is 10.8 Å². The highest BCUT2D eigenvalue weighted by molar-refractivity contribution is 7.98. The summed E-state index contributed by atoms with van der Waals surface area (Å²) in [6.07, 6.45) is 0. The number of aryl methyl sites for hydroxylation is 1. The average molecular weight is 500 g/mol. The topological polar surface area (TPSA) is 116 Å². The Bertz CT molecular complexity index is 1510. The minimum Gasteiger partial charge on any atom is -0.423 e. The van der Waals surface area contributed by atoms with E-state index in [1.54, 1.807) is 18.2 Å². The third kappa shape index (κ3) is 4.64. The maximum absolute atomic E-state index is 13.0. The molecule has 176 valence electrons. The lowest BCUT2D eigenvalue weighted by Crippen LogP contribution is -2.40.